The topological polar surface area (TPSA) is 79.7 Å². The molecule has 1 N–H and O–H groups in total. The standard InChI is InChI=1S/C19H16Cl2N2O4S/c1-27-13-5-3-2-4-12(13)23(16(24)8-9-17(25)26)10-15-22-19-14(28-15)7-6-11(20)18(19)21/h2-7H,8-10H2,1H3,(H,25,26). The summed E-state index contributed by atoms with van der Waals surface area (Å²) in [5.41, 5.74) is 1.12. The van der Waals surface area contributed by atoms with Crippen LogP contribution in [-0.2, 0) is 16.1 Å². The van der Waals surface area contributed by atoms with Gasteiger partial charge in [-0.15, -0.1) is 11.3 Å². The highest BCUT2D eigenvalue weighted by molar-refractivity contribution is 7.18. The normalized spacial score (nSPS) is 10.8. The maximum absolute atomic E-state index is 12.8. The molecule has 1 aromatic heterocycles. The second-order valence-electron chi connectivity index (χ2n) is 5.86. The molecule has 146 valence electrons. The summed E-state index contributed by atoms with van der Waals surface area (Å²) in [6.45, 7) is 0.159. The van der Waals surface area contributed by atoms with Crippen LogP contribution in [0.2, 0.25) is 10.0 Å². The summed E-state index contributed by atoms with van der Waals surface area (Å²) in [4.78, 5) is 29.7. The van der Waals surface area contributed by atoms with Crippen molar-refractivity contribution in [2.75, 3.05) is 12.0 Å². The predicted octanol–water partition coefficient (Wildman–Crippen LogP) is 5.01. The number of aliphatic carboxylic acids is 1. The molecule has 0 bridgehead atoms. The van der Waals surface area contributed by atoms with Gasteiger partial charge in [-0.3, -0.25) is 9.59 Å². The lowest BCUT2D eigenvalue weighted by atomic mass is 10.2. The smallest absolute Gasteiger partial charge is 0.303 e. The highest BCUT2D eigenvalue weighted by Crippen LogP contribution is 2.35. The first-order valence-electron chi connectivity index (χ1n) is 8.29. The number of halogens is 2. The van der Waals surface area contributed by atoms with Crippen molar-refractivity contribution in [1.82, 2.24) is 4.98 Å². The Morgan fingerprint density at radius 3 is 2.64 bits per heavy atom. The molecule has 28 heavy (non-hydrogen) atoms. The van der Waals surface area contributed by atoms with Crippen LogP contribution < -0.4 is 9.64 Å². The van der Waals surface area contributed by atoms with E-state index in [0.29, 0.717) is 32.0 Å². The molecule has 0 aliphatic carbocycles. The minimum atomic E-state index is -1.03. The molecule has 0 aliphatic rings. The SMILES string of the molecule is COc1ccccc1N(Cc1nc2c(Cl)c(Cl)ccc2s1)C(=O)CCC(=O)O. The number of anilines is 1. The van der Waals surface area contributed by atoms with Gasteiger partial charge < -0.3 is 14.7 Å². The molecule has 0 atom stereocenters. The molecule has 0 spiro atoms. The van der Waals surface area contributed by atoms with Gasteiger partial charge in [-0.1, -0.05) is 35.3 Å². The van der Waals surface area contributed by atoms with Gasteiger partial charge in [0.2, 0.25) is 5.91 Å². The molecule has 0 aliphatic heterocycles. The zero-order valence-electron chi connectivity index (χ0n) is 14.8. The third-order valence-electron chi connectivity index (χ3n) is 4.02. The second-order valence-corrected chi connectivity index (χ2v) is 7.76. The van der Waals surface area contributed by atoms with E-state index >= 15 is 0 Å². The van der Waals surface area contributed by atoms with E-state index in [1.807, 2.05) is 6.07 Å². The van der Waals surface area contributed by atoms with Gasteiger partial charge in [0.05, 0.1) is 40.5 Å². The Morgan fingerprint density at radius 2 is 1.93 bits per heavy atom. The summed E-state index contributed by atoms with van der Waals surface area (Å²) in [7, 11) is 1.51. The van der Waals surface area contributed by atoms with Crippen LogP contribution in [0.15, 0.2) is 36.4 Å². The first kappa shape index (κ1) is 20.4. The Morgan fingerprint density at radius 1 is 1.18 bits per heavy atom. The summed E-state index contributed by atoms with van der Waals surface area (Å²) in [5.74, 6) is -0.863. The molecular weight excluding hydrogens is 423 g/mol. The van der Waals surface area contributed by atoms with Gasteiger partial charge in [0, 0.05) is 6.42 Å². The van der Waals surface area contributed by atoms with Crippen molar-refractivity contribution >= 4 is 62.3 Å². The van der Waals surface area contributed by atoms with Crippen LogP contribution in [0.1, 0.15) is 17.8 Å². The van der Waals surface area contributed by atoms with E-state index in [0.717, 1.165) is 4.70 Å². The number of carboxylic acid groups (broad SMARTS) is 1. The third-order valence-corrected chi connectivity index (χ3v) is 5.82. The lowest BCUT2D eigenvalue weighted by molar-refractivity contribution is -0.138. The number of benzene rings is 2. The van der Waals surface area contributed by atoms with Crippen molar-refractivity contribution in [2.24, 2.45) is 0 Å². The van der Waals surface area contributed by atoms with Crippen LogP contribution in [0.4, 0.5) is 5.69 Å². The molecule has 0 unspecified atom stereocenters. The Kier molecular flexibility index (Phi) is 6.39. The van der Waals surface area contributed by atoms with Crippen LogP contribution in [0, 0.1) is 0 Å². The minimum Gasteiger partial charge on any atom is -0.495 e. The number of para-hydroxylation sites is 2. The van der Waals surface area contributed by atoms with Gasteiger partial charge in [-0.2, -0.15) is 0 Å². The number of thiazole rings is 1. The van der Waals surface area contributed by atoms with E-state index in [1.165, 1.54) is 23.3 Å². The summed E-state index contributed by atoms with van der Waals surface area (Å²) >= 11 is 13.7. The van der Waals surface area contributed by atoms with Gasteiger partial charge in [-0.05, 0) is 24.3 Å². The average Bonchev–Trinajstić information content (AvgIpc) is 3.10. The lowest BCUT2D eigenvalue weighted by Gasteiger charge is -2.23. The van der Waals surface area contributed by atoms with Crippen LogP contribution in [0.25, 0.3) is 10.2 Å². The van der Waals surface area contributed by atoms with Crippen molar-refractivity contribution in [3.05, 3.63) is 51.5 Å². The fourth-order valence-corrected chi connectivity index (χ4v) is 4.08. The van der Waals surface area contributed by atoms with E-state index in [9.17, 15) is 9.59 Å². The van der Waals surface area contributed by atoms with Crippen molar-refractivity contribution in [2.45, 2.75) is 19.4 Å². The first-order chi connectivity index (χ1) is 13.4. The second kappa shape index (κ2) is 8.77. The molecule has 2 aromatic carbocycles. The number of amides is 1. The Bertz CT molecular complexity index is 1040. The number of ether oxygens (including phenoxy) is 1. The van der Waals surface area contributed by atoms with Gasteiger partial charge in [0.15, 0.2) is 0 Å². The highest BCUT2D eigenvalue weighted by Gasteiger charge is 2.22. The van der Waals surface area contributed by atoms with Crippen molar-refractivity contribution in [1.29, 1.82) is 0 Å². The number of fused-ring (bicyclic) bond motifs is 1. The molecule has 0 fully saturated rings. The van der Waals surface area contributed by atoms with Crippen LogP contribution in [0.5, 0.6) is 5.75 Å². The molecule has 1 heterocycles. The Labute approximate surface area is 175 Å². The van der Waals surface area contributed by atoms with Crippen molar-refractivity contribution in [3.8, 4) is 5.75 Å². The molecule has 1 amide bonds. The van der Waals surface area contributed by atoms with Crippen LogP contribution in [0.3, 0.4) is 0 Å². The average molecular weight is 439 g/mol. The van der Waals surface area contributed by atoms with Gasteiger partial charge in [0.25, 0.3) is 0 Å². The zero-order chi connectivity index (χ0) is 20.3. The molecule has 0 saturated heterocycles. The quantitative estimate of drug-likeness (QED) is 0.560. The Hall–Kier alpha value is -2.35. The van der Waals surface area contributed by atoms with Crippen molar-refractivity contribution < 1.29 is 19.4 Å². The van der Waals surface area contributed by atoms with E-state index < -0.39 is 5.97 Å². The molecule has 3 aromatic rings. The van der Waals surface area contributed by atoms with Crippen LogP contribution >= 0.6 is 34.5 Å². The zero-order valence-corrected chi connectivity index (χ0v) is 17.1. The lowest BCUT2D eigenvalue weighted by Crippen LogP contribution is -2.31. The highest BCUT2D eigenvalue weighted by atomic mass is 35.5. The Balaban J connectivity index is 1.98. The number of aromatic nitrogens is 1. The molecular formula is C19H16Cl2N2O4S. The van der Waals surface area contributed by atoms with Gasteiger partial charge in [-0.25, -0.2) is 4.98 Å². The molecule has 0 radical (unpaired) electrons. The number of methoxy groups -OCH3 is 1. The maximum atomic E-state index is 12.8. The third kappa shape index (κ3) is 4.38. The van der Waals surface area contributed by atoms with E-state index in [1.54, 1.807) is 30.3 Å². The number of nitrogens with zero attached hydrogens (tertiary/aromatic N) is 2. The minimum absolute atomic E-state index is 0.134. The predicted molar refractivity (Wildman–Crippen MR) is 111 cm³/mol. The fraction of sp³-hybridized carbons (Fsp3) is 0.211. The van der Waals surface area contributed by atoms with E-state index in [2.05, 4.69) is 4.98 Å². The summed E-state index contributed by atoms with van der Waals surface area (Å²) in [6, 6.07) is 10.6. The summed E-state index contributed by atoms with van der Waals surface area (Å²) in [6.07, 6.45) is -0.392. The fourth-order valence-electron chi connectivity index (χ4n) is 2.70. The largest absolute Gasteiger partial charge is 0.495 e. The number of carbonyl (C=O) groups is 2. The number of carbonyl (C=O) groups excluding carboxylic acids is 1. The molecule has 9 heteroatoms. The molecule has 0 saturated carbocycles. The molecule has 3 rings (SSSR count). The maximum Gasteiger partial charge on any atom is 0.303 e. The van der Waals surface area contributed by atoms with Gasteiger partial charge in [0.1, 0.15) is 16.3 Å². The number of rotatable bonds is 7. The van der Waals surface area contributed by atoms with E-state index in [-0.39, 0.29) is 25.3 Å². The van der Waals surface area contributed by atoms with Crippen molar-refractivity contribution in [3.63, 3.8) is 0 Å². The monoisotopic (exact) mass is 438 g/mol. The van der Waals surface area contributed by atoms with E-state index in [4.69, 9.17) is 33.0 Å². The molecule has 6 nitrogen and oxygen atoms in total. The number of carboxylic acids is 1. The first-order valence-corrected chi connectivity index (χ1v) is 9.86. The number of hydrogen-bond acceptors (Lipinski definition) is 5. The summed E-state index contributed by atoms with van der Waals surface area (Å²) in [5, 5.41) is 10.3. The van der Waals surface area contributed by atoms with Gasteiger partial charge >= 0.3 is 5.97 Å². The number of hydrogen-bond donors (Lipinski definition) is 1. The summed E-state index contributed by atoms with van der Waals surface area (Å²) < 4.78 is 6.22. The van der Waals surface area contributed by atoms with Crippen LogP contribution in [-0.4, -0.2) is 29.1 Å².